The van der Waals surface area contributed by atoms with Crippen LogP contribution in [0.25, 0.3) is 69.9 Å². The number of anilines is 3. The minimum absolute atomic E-state index is 1.11. The van der Waals surface area contributed by atoms with Gasteiger partial charge in [-0.15, -0.1) is 11.3 Å². The van der Waals surface area contributed by atoms with Crippen molar-refractivity contribution in [3.63, 3.8) is 0 Å². The summed E-state index contributed by atoms with van der Waals surface area (Å²) in [4.78, 5) is 2.34. The van der Waals surface area contributed by atoms with Gasteiger partial charge in [0.1, 0.15) is 0 Å². The molecule has 0 aliphatic carbocycles. The van der Waals surface area contributed by atoms with E-state index in [4.69, 9.17) is 0 Å². The molecule has 0 bridgehead atoms. The van der Waals surface area contributed by atoms with E-state index in [1.54, 1.807) is 0 Å². The summed E-state index contributed by atoms with van der Waals surface area (Å²) in [6.45, 7) is 0. The number of hydrogen-bond donors (Lipinski definition) is 0. The first-order valence-electron chi connectivity index (χ1n) is 17.4. The fourth-order valence-corrected chi connectivity index (χ4v) is 8.86. The average Bonchev–Trinajstić information content (AvgIpc) is 3.75. The molecule has 0 unspecified atom stereocenters. The number of fused-ring (bicyclic) bond motifs is 7. The van der Waals surface area contributed by atoms with E-state index in [0.29, 0.717) is 0 Å². The van der Waals surface area contributed by atoms with E-state index in [1.165, 1.54) is 69.9 Å². The molecule has 240 valence electrons. The fourth-order valence-electron chi connectivity index (χ4n) is 7.60. The van der Waals surface area contributed by atoms with Crippen LogP contribution >= 0.6 is 11.3 Å². The Bertz CT molecular complexity index is 2830. The minimum Gasteiger partial charge on any atom is -0.310 e. The first kappa shape index (κ1) is 29.5. The van der Waals surface area contributed by atoms with Crippen molar-refractivity contribution in [3.8, 4) is 27.9 Å². The van der Waals surface area contributed by atoms with E-state index >= 15 is 0 Å². The maximum atomic E-state index is 2.42. The Labute approximate surface area is 300 Å². The number of para-hydroxylation sites is 2. The van der Waals surface area contributed by atoms with E-state index in [9.17, 15) is 0 Å². The quantitative estimate of drug-likeness (QED) is 0.171. The van der Waals surface area contributed by atoms with Gasteiger partial charge in [-0.3, -0.25) is 0 Å². The molecule has 0 aliphatic heterocycles. The van der Waals surface area contributed by atoms with Crippen LogP contribution in [-0.2, 0) is 0 Å². The summed E-state index contributed by atoms with van der Waals surface area (Å²) in [5.74, 6) is 0. The van der Waals surface area contributed by atoms with Gasteiger partial charge in [0.25, 0.3) is 0 Å². The van der Waals surface area contributed by atoms with Crippen molar-refractivity contribution < 1.29 is 0 Å². The molecule has 0 saturated heterocycles. The van der Waals surface area contributed by atoms with Gasteiger partial charge in [0.05, 0.1) is 11.0 Å². The zero-order valence-electron chi connectivity index (χ0n) is 27.8. The number of aromatic nitrogens is 1. The van der Waals surface area contributed by atoms with E-state index in [0.717, 1.165) is 17.1 Å². The highest BCUT2D eigenvalue weighted by Gasteiger charge is 2.19. The van der Waals surface area contributed by atoms with Gasteiger partial charge in [-0.1, -0.05) is 121 Å². The van der Waals surface area contributed by atoms with Crippen molar-refractivity contribution in [2.45, 2.75) is 0 Å². The predicted octanol–water partition coefficient (Wildman–Crippen LogP) is 14.0. The molecule has 2 heterocycles. The van der Waals surface area contributed by atoms with Crippen LogP contribution in [0.5, 0.6) is 0 Å². The molecule has 0 N–H and O–H groups in total. The lowest BCUT2D eigenvalue weighted by molar-refractivity contribution is 1.18. The lowest BCUT2D eigenvalue weighted by atomic mass is 10.0. The molecule has 51 heavy (non-hydrogen) atoms. The summed E-state index contributed by atoms with van der Waals surface area (Å²) in [6, 6.07) is 70.2. The molecule has 0 atom stereocenters. The topological polar surface area (TPSA) is 8.17 Å². The smallest absolute Gasteiger partial charge is 0.0555 e. The third-order valence-electron chi connectivity index (χ3n) is 9.97. The van der Waals surface area contributed by atoms with Gasteiger partial charge in [-0.05, 0) is 95.1 Å². The summed E-state index contributed by atoms with van der Waals surface area (Å²) >= 11 is 1.90. The van der Waals surface area contributed by atoms with Gasteiger partial charge in [0.15, 0.2) is 0 Å². The zero-order valence-corrected chi connectivity index (χ0v) is 28.6. The predicted molar refractivity (Wildman–Crippen MR) is 219 cm³/mol. The highest BCUT2D eigenvalue weighted by molar-refractivity contribution is 7.26. The third kappa shape index (κ3) is 5.01. The number of hydrogen-bond acceptors (Lipinski definition) is 2. The Morgan fingerprint density at radius 2 is 0.961 bits per heavy atom. The molecule has 10 aromatic rings. The number of nitrogens with zero attached hydrogens (tertiary/aromatic N) is 2. The second-order valence-corrected chi connectivity index (χ2v) is 14.0. The Morgan fingerprint density at radius 1 is 0.373 bits per heavy atom. The van der Waals surface area contributed by atoms with Gasteiger partial charge < -0.3 is 9.47 Å². The molecule has 0 fully saturated rings. The summed E-state index contributed by atoms with van der Waals surface area (Å²) < 4.78 is 5.09. The fraction of sp³-hybridized carbons (Fsp3) is 0. The molecule has 0 radical (unpaired) electrons. The van der Waals surface area contributed by atoms with Gasteiger partial charge in [-0.25, -0.2) is 0 Å². The molecule has 2 nitrogen and oxygen atoms in total. The SMILES string of the molecule is c1ccc(-c2cccc(N(c3ccccc3)c3ccc(-c4ccc5c(c4)c4c6sc7ccccc7c6ccc4n5-c4ccccc4)cc3)c2)cc1. The van der Waals surface area contributed by atoms with Crippen LogP contribution in [0.3, 0.4) is 0 Å². The van der Waals surface area contributed by atoms with Gasteiger partial charge in [0, 0.05) is 53.7 Å². The van der Waals surface area contributed by atoms with Crippen LogP contribution in [0.4, 0.5) is 17.1 Å². The standard InChI is InChI=1S/C48H32N2S/c1-4-13-33(14-5-1)35-15-12-20-40(31-35)49(37-16-6-2-7-17-37)39-26-23-34(24-27-39)36-25-29-44-43(32-36)47-45(50(44)38-18-8-3-9-19-38)30-28-42-41-21-10-11-22-46(41)51-48(42)47/h1-32H. The van der Waals surface area contributed by atoms with Crippen LogP contribution in [0.1, 0.15) is 0 Å². The van der Waals surface area contributed by atoms with E-state index in [1.807, 2.05) is 11.3 Å². The van der Waals surface area contributed by atoms with Crippen LogP contribution in [0, 0.1) is 0 Å². The zero-order chi connectivity index (χ0) is 33.7. The van der Waals surface area contributed by atoms with Crippen LogP contribution in [-0.4, -0.2) is 4.57 Å². The van der Waals surface area contributed by atoms with Crippen LogP contribution in [0.15, 0.2) is 194 Å². The van der Waals surface area contributed by atoms with Crippen LogP contribution in [0.2, 0.25) is 0 Å². The Balaban J connectivity index is 1.12. The van der Waals surface area contributed by atoms with Crippen molar-refractivity contribution in [2.75, 3.05) is 4.90 Å². The molecular weight excluding hydrogens is 637 g/mol. The van der Waals surface area contributed by atoms with Crippen LogP contribution < -0.4 is 4.90 Å². The second kappa shape index (κ2) is 12.2. The Morgan fingerprint density at radius 3 is 1.76 bits per heavy atom. The molecule has 0 saturated carbocycles. The van der Waals surface area contributed by atoms with Gasteiger partial charge in [-0.2, -0.15) is 0 Å². The molecule has 0 amide bonds. The Kier molecular flexibility index (Phi) is 7.04. The second-order valence-electron chi connectivity index (χ2n) is 13.0. The van der Waals surface area contributed by atoms with Gasteiger partial charge in [0.2, 0.25) is 0 Å². The number of rotatable bonds is 6. The first-order valence-corrected chi connectivity index (χ1v) is 18.2. The first-order chi connectivity index (χ1) is 25.3. The molecular formula is C48H32N2S. The summed E-state index contributed by atoms with van der Waals surface area (Å²) in [5.41, 5.74) is 11.8. The summed E-state index contributed by atoms with van der Waals surface area (Å²) in [5, 5.41) is 5.24. The monoisotopic (exact) mass is 668 g/mol. The number of thiophene rings is 1. The third-order valence-corrected chi connectivity index (χ3v) is 11.2. The van der Waals surface area contributed by atoms with Crippen molar-refractivity contribution >= 4 is 70.4 Å². The van der Waals surface area contributed by atoms with Crippen molar-refractivity contribution in [1.82, 2.24) is 4.57 Å². The van der Waals surface area contributed by atoms with Crippen molar-refractivity contribution in [2.24, 2.45) is 0 Å². The average molecular weight is 669 g/mol. The van der Waals surface area contributed by atoms with E-state index < -0.39 is 0 Å². The largest absolute Gasteiger partial charge is 0.310 e. The molecule has 3 heteroatoms. The lowest BCUT2D eigenvalue weighted by Gasteiger charge is -2.26. The molecule has 2 aromatic heterocycles. The molecule has 8 aromatic carbocycles. The molecule has 0 aliphatic rings. The van der Waals surface area contributed by atoms with Crippen molar-refractivity contribution in [1.29, 1.82) is 0 Å². The van der Waals surface area contributed by atoms with E-state index in [2.05, 4.69) is 204 Å². The maximum absolute atomic E-state index is 2.42. The highest BCUT2D eigenvalue weighted by atomic mass is 32.1. The van der Waals surface area contributed by atoms with Crippen molar-refractivity contribution in [3.05, 3.63) is 194 Å². The molecule has 10 rings (SSSR count). The highest BCUT2D eigenvalue weighted by Crippen LogP contribution is 2.44. The summed E-state index contributed by atoms with van der Waals surface area (Å²) in [7, 11) is 0. The molecule has 0 spiro atoms. The minimum atomic E-state index is 1.11. The maximum Gasteiger partial charge on any atom is 0.0555 e. The van der Waals surface area contributed by atoms with Gasteiger partial charge >= 0.3 is 0 Å². The number of benzene rings is 8. The summed E-state index contributed by atoms with van der Waals surface area (Å²) in [6.07, 6.45) is 0. The lowest BCUT2D eigenvalue weighted by Crippen LogP contribution is -2.09. The Hall–Kier alpha value is -6.42. The van der Waals surface area contributed by atoms with E-state index in [-0.39, 0.29) is 0 Å². The normalized spacial score (nSPS) is 11.5.